The summed E-state index contributed by atoms with van der Waals surface area (Å²) in [5.41, 5.74) is 4.05. The lowest BCUT2D eigenvalue weighted by Gasteiger charge is -2.16. The summed E-state index contributed by atoms with van der Waals surface area (Å²) < 4.78 is 6.36. The van der Waals surface area contributed by atoms with Gasteiger partial charge in [0.1, 0.15) is 5.75 Å². The van der Waals surface area contributed by atoms with Crippen molar-refractivity contribution in [2.45, 2.75) is 33.6 Å². The van der Waals surface area contributed by atoms with Crippen molar-refractivity contribution in [3.05, 3.63) is 64.1 Å². The van der Waals surface area contributed by atoms with Crippen LogP contribution in [0, 0.1) is 6.92 Å². The molecule has 1 saturated heterocycles. The molecule has 5 heteroatoms. The van der Waals surface area contributed by atoms with Crippen LogP contribution in [0.2, 0.25) is 0 Å². The third-order valence-electron chi connectivity index (χ3n) is 4.42. The smallest absolute Gasteiger partial charge is 0.270 e. The van der Waals surface area contributed by atoms with E-state index in [0.717, 1.165) is 28.1 Å². The number of nitrogens with zero attached hydrogens (tertiary/aromatic N) is 1. The number of thioether (sulfide) groups is 1. The maximum atomic E-state index is 12.9. The molecular weight excluding hydrogens is 374 g/mol. The Kier molecular flexibility index (Phi) is 6.02. The number of anilines is 1. The number of aryl methyl sites for hydroxylation is 1. The van der Waals surface area contributed by atoms with E-state index in [1.54, 1.807) is 4.90 Å². The zero-order valence-corrected chi connectivity index (χ0v) is 17.6. The van der Waals surface area contributed by atoms with Gasteiger partial charge in [0.2, 0.25) is 0 Å². The quantitative estimate of drug-likeness (QED) is 0.462. The molecule has 0 unspecified atom stereocenters. The van der Waals surface area contributed by atoms with Gasteiger partial charge in [-0.25, -0.2) is 0 Å². The second-order valence-corrected chi connectivity index (χ2v) is 8.36. The molecule has 3 nitrogen and oxygen atoms in total. The fourth-order valence-corrected chi connectivity index (χ4v) is 4.30. The van der Waals surface area contributed by atoms with Crippen molar-refractivity contribution in [2.75, 3.05) is 11.5 Å². The van der Waals surface area contributed by atoms with Crippen LogP contribution in [-0.4, -0.2) is 16.8 Å². The summed E-state index contributed by atoms with van der Waals surface area (Å²) in [6.07, 6.45) is 1.94. The molecule has 27 heavy (non-hydrogen) atoms. The number of carbonyl (C=O) groups excluding carboxylic acids is 1. The average molecular weight is 398 g/mol. The molecule has 0 radical (unpaired) electrons. The molecule has 0 atom stereocenters. The van der Waals surface area contributed by atoms with E-state index >= 15 is 0 Å². The predicted octanol–water partition coefficient (Wildman–Crippen LogP) is 5.92. The number of benzene rings is 2. The van der Waals surface area contributed by atoms with E-state index in [1.165, 1.54) is 11.8 Å². The third-order valence-corrected chi connectivity index (χ3v) is 5.72. The standard InChI is InChI=1S/C22H23NO2S2/c1-5-25-19-11-15(4)16(12-18(19)14(2)3)13-20-21(24)23(22(26)27-20)17-9-7-6-8-10-17/h6-14H,5H2,1-4H3/b20-13-. The highest BCUT2D eigenvalue weighted by atomic mass is 32.2. The summed E-state index contributed by atoms with van der Waals surface area (Å²) in [5.74, 6) is 1.17. The maximum absolute atomic E-state index is 12.9. The van der Waals surface area contributed by atoms with Gasteiger partial charge in [0.15, 0.2) is 4.32 Å². The van der Waals surface area contributed by atoms with Crippen LogP contribution in [0.1, 0.15) is 43.4 Å². The summed E-state index contributed by atoms with van der Waals surface area (Å²) >= 11 is 6.80. The van der Waals surface area contributed by atoms with E-state index in [0.29, 0.717) is 21.8 Å². The monoisotopic (exact) mass is 397 g/mol. The van der Waals surface area contributed by atoms with Crippen molar-refractivity contribution in [1.82, 2.24) is 0 Å². The molecule has 0 aliphatic carbocycles. The van der Waals surface area contributed by atoms with Crippen molar-refractivity contribution in [3.8, 4) is 5.75 Å². The predicted molar refractivity (Wildman–Crippen MR) is 119 cm³/mol. The lowest BCUT2D eigenvalue weighted by atomic mass is 9.96. The summed E-state index contributed by atoms with van der Waals surface area (Å²) in [7, 11) is 0. The number of amides is 1. The molecule has 3 rings (SSSR count). The minimum atomic E-state index is -0.0735. The number of para-hydroxylation sites is 1. The van der Waals surface area contributed by atoms with Crippen LogP contribution in [0.3, 0.4) is 0 Å². The number of thiocarbonyl (C=S) groups is 1. The Labute approximate surface area is 170 Å². The van der Waals surface area contributed by atoms with Crippen molar-refractivity contribution in [2.24, 2.45) is 0 Å². The fraction of sp³-hybridized carbons (Fsp3) is 0.273. The van der Waals surface area contributed by atoms with Crippen molar-refractivity contribution < 1.29 is 9.53 Å². The molecular formula is C22H23NO2S2. The summed E-state index contributed by atoms with van der Waals surface area (Å²) in [5, 5.41) is 0. The van der Waals surface area contributed by atoms with Gasteiger partial charge in [0, 0.05) is 0 Å². The van der Waals surface area contributed by atoms with Crippen molar-refractivity contribution in [1.29, 1.82) is 0 Å². The zero-order chi connectivity index (χ0) is 19.6. The number of hydrogen-bond acceptors (Lipinski definition) is 4. The molecule has 0 bridgehead atoms. The van der Waals surface area contributed by atoms with Crippen LogP contribution in [0.25, 0.3) is 6.08 Å². The maximum Gasteiger partial charge on any atom is 0.270 e. The first-order valence-electron chi connectivity index (χ1n) is 9.02. The Balaban J connectivity index is 1.98. The fourth-order valence-electron chi connectivity index (χ4n) is 3.01. The largest absolute Gasteiger partial charge is 0.494 e. The van der Waals surface area contributed by atoms with Gasteiger partial charge in [-0.15, -0.1) is 0 Å². The van der Waals surface area contributed by atoms with E-state index in [-0.39, 0.29) is 5.91 Å². The van der Waals surface area contributed by atoms with Gasteiger partial charge in [0.05, 0.1) is 17.2 Å². The van der Waals surface area contributed by atoms with Crippen molar-refractivity contribution in [3.63, 3.8) is 0 Å². The highest BCUT2D eigenvalue weighted by molar-refractivity contribution is 8.27. The minimum Gasteiger partial charge on any atom is -0.494 e. The summed E-state index contributed by atoms with van der Waals surface area (Å²) in [6, 6.07) is 13.7. The van der Waals surface area contributed by atoms with E-state index in [9.17, 15) is 4.79 Å². The lowest BCUT2D eigenvalue weighted by Crippen LogP contribution is -2.27. The Bertz CT molecular complexity index is 904. The summed E-state index contributed by atoms with van der Waals surface area (Å²) in [6.45, 7) is 8.95. The Morgan fingerprint density at radius 3 is 2.56 bits per heavy atom. The highest BCUT2D eigenvalue weighted by Crippen LogP contribution is 2.37. The van der Waals surface area contributed by atoms with Gasteiger partial charge in [-0.05, 0) is 66.8 Å². The van der Waals surface area contributed by atoms with Crippen LogP contribution in [0.5, 0.6) is 5.75 Å². The minimum absolute atomic E-state index is 0.0735. The molecule has 2 aromatic carbocycles. The van der Waals surface area contributed by atoms with Crippen molar-refractivity contribution >= 4 is 46.0 Å². The summed E-state index contributed by atoms with van der Waals surface area (Å²) in [4.78, 5) is 15.2. The Hall–Kier alpha value is -2.11. The molecule has 2 aromatic rings. The van der Waals surface area contributed by atoms with E-state index < -0.39 is 0 Å². The first-order chi connectivity index (χ1) is 12.9. The topological polar surface area (TPSA) is 29.5 Å². The number of carbonyl (C=O) groups is 1. The zero-order valence-electron chi connectivity index (χ0n) is 16.0. The van der Waals surface area contributed by atoms with Gasteiger partial charge >= 0.3 is 0 Å². The van der Waals surface area contributed by atoms with E-state index in [2.05, 4.69) is 26.0 Å². The lowest BCUT2D eigenvalue weighted by molar-refractivity contribution is -0.113. The molecule has 1 aliphatic rings. The molecule has 1 aliphatic heterocycles. The van der Waals surface area contributed by atoms with Gasteiger partial charge < -0.3 is 4.74 Å². The SMILES string of the molecule is CCOc1cc(C)c(/C=C2\SC(=S)N(c3ccccc3)C2=O)cc1C(C)C. The molecule has 1 amide bonds. The third kappa shape index (κ3) is 4.09. The van der Waals surface area contributed by atoms with Gasteiger partial charge in [-0.2, -0.15) is 0 Å². The number of hydrogen-bond donors (Lipinski definition) is 0. The highest BCUT2D eigenvalue weighted by Gasteiger charge is 2.33. The molecule has 0 spiro atoms. The van der Waals surface area contributed by atoms with Gasteiger partial charge in [-0.1, -0.05) is 56.0 Å². The second kappa shape index (κ2) is 8.28. The molecule has 1 heterocycles. The first kappa shape index (κ1) is 19.6. The van der Waals surface area contributed by atoms with Crippen LogP contribution < -0.4 is 9.64 Å². The van der Waals surface area contributed by atoms with Crippen LogP contribution in [-0.2, 0) is 4.79 Å². The van der Waals surface area contributed by atoms with Crippen LogP contribution >= 0.6 is 24.0 Å². The average Bonchev–Trinajstić information content (AvgIpc) is 2.91. The van der Waals surface area contributed by atoms with Gasteiger partial charge in [-0.3, -0.25) is 9.69 Å². The number of rotatable bonds is 5. The van der Waals surface area contributed by atoms with Gasteiger partial charge in [0.25, 0.3) is 5.91 Å². The normalized spacial score (nSPS) is 15.9. The van der Waals surface area contributed by atoms with Crippen LogP contribution in [0.4, 0.5) is 5.69 Å². The Morgan fingerprint density at radius 2 is 1.93 bits per heavy atom. The molecule has 0 N–H and O–H groups in total. The van der Waals surface area contributed by atoms with E-state index in [1.807, 2.05) is 50.3 Å². The van der Waals surface area contributed by atoms with E-state index in [4.69, 9.17) is 17.0 Å². The number of ether oxygens (including phenoxy) is 1. The first-order valence-corrected chi connectivity index (χ1v) is 10.2. The Morgan fingerprint density at radius 1 is 1.22 bits per heavy atom. The second-order valence-electron chi connectivity index (χ2n) is 6.69. The molecule has 140 valence electrons. The molecule has 0 saturated carbocycles. The molecule has 1 fully saturated rings. The molecule has 0 aromatic heterocycles. The van der Waals surface area contributed by atoms with Crippen LogP contribution in [0.15, 0.2) is 47.4 Å².